The van der Waals surface area contributed by atoms with E-state index >= 15 is 0 Å². The van der Waals surface area contributed by atoms with Crippen LogP contribution in [0.25, 0.3) is 11.1 Å². The Hall–Kier alpha value is -3.41. The second-order valence-corrected chi connectivity index (χ2v) is 5.91. The molecular formula is C20H18N2O4. The van der Waals surface area contributed by atoms with E-state index in [-0.39, 0.29) is 5.69 Å². The highest BCUT2D eigenvalue weighted by molar-refractivity contribution is 5.98. The highest BCUT2D eigenvalue weighted by Gasteiger charge is 2.21. The third-order valence-electron chi connectivity index (χ3n) is 4.32. The monoisotopic (exact) mass is 350 g/mol. The predicted molar refractivity (Wildman–Crippen MR) is 98.1 cm³/mol. The lowest BCUT2D eigenvalue weighted by Crippen LogP contribution is -2.06. The maximum Gasteiger partial charge on any atom is 0.340 e. The van der Waals surface area contributed by atoms with Gasteiger partial charge in [-0.25, -0.2) is 4.79 Å². The number of ether oxygens (including phenoxy) is 1. The van der Waals surface area contributed by atoms with Crippen LogP contribution in [0.1, 0.15) is 21.6 Å². The summed E-state index contributed by atoms with van der Waals surface area (Å²) in [6.07, 6.45) is 1.88. The lowest BCUT2D eigenvalue weighted by Gasteiger charge is -2.07. The summed E-state index contributed by atoms with van der Waals surface area (Å²) in [5, 5.41) is 10.9. The van der Waals surface area contributed by atoms with Crippen molar-refractivity contribution in [3.05, 3.63) is 87.7 Å². The number of rotatable bonds is 5. The van der Waals surface area contributed by atoms with Gasteiger partial charge in [0.15, 0.2) is 0 Å². The third-order valence-corrected chi connectivity index (χ3v) is 4.32. The van der Waals surface area contributed by atoms with Crippen molar-refractivity contribution in [2.45, 2.75) is 13.5 Å². The molecule has 0 aliphatic heterocycles. The fourth-order valence-corrected chi connectivity index (χ4v) is 2.94. The van der Waals surface area contributed by atoms with Crippen molar-refractivity contribution in [3.8, 4) is 11.1 Å². The predicted octanol–water partition coefficient (Wildman–Crippen LogP) is 4.21. The minimum absolute atomic E-state index is 0.00816. The van der Waals surface area contributed by atoms with Crippen molar-refractivity contribution in [1.82, 2.24) is 4.57 Å². The van der Waals surface area contributed by atoms with E-state index in [1.165, 1.54) is 19.2 Å². The first-order valence-electron chi connectivity index (χ1n) is 8.08. The van der Waals surface area contributed by atoms with Crippen molar-refractivity contribution in [2.75, 3.05) is 7.11 Å². The second kappa shape index (κ2) is 7.23. The van der Waals surface area contributed by atoms with E-state index in [1.807, 2.05) is 48.0 Å². The van der Waals surface area contributed by atoms with Gasteiger partial charge >= 0.3 is 5.97 Å². The fourth-order valence-electron chi connectivity index (χ4n) is 2.94. The highest BCUT2D eigenvalue weighted by atomic mass is 16.6. The zero-order chi connectivity index (χ0) is 18.7. The van der Waals surface area contributed by atoms with Crippen LogP contribution < -0.4 is 0 Å². The molecule has 3 rings (SSSR count). The van der Waals surface area contributed by atoms with Crippen LogP contribution in [0.15, 0.2) is 60.8 Å². The number of hydrogen-bond acceptors (Lipinski definition) is 4. The van der Waals surface area contributed by atoms with Gasteiger partial charge in [0.05, 0.1) is 17.6 Å². The quantitative estimate of drug-likeness (QED) is 0.392. The molecule has 1 aromatic heterocycles. The standard InChI is InChI=1S/C20H18N2O4/c1-14-19(20(23)26-2)18(16-8-10-17(11-9-16)22(24)25)13-21(14)12-15-6-4-3-5-7-15/h3-11,13H,12H2,1-2H3. The number of nitro groups is 1. The van der Waals surface area contributed by atoms with Crippen molar-refractivity contribution >= 4 is 11.7 Å². The number of nitro benzene ring substituents is 1. The highest BCUT2D eigenvalue weighted by Crippen LogP contribution is 2.30. The summed E-state index contributed by atoms with van der Waals surface area (Å²) in [5.74, 6) is -0.428. The molecule has 26 heavy (non-hydrogen) atoms. The maximum atomic E-state index is 12.3. The third kappa shape index (κ3) is 3.35. The molecule has 0 aliphatic carbocycles. The molecule has 0 saturated carbocycles. The number of carbonyl (C=O) groups is 1. The number of esters is 1. The van der Waals surface area contributed by atoms with Crippen molar-refractivity contribution in [1.29, 1.82) is 0 Å². The average Bonchev–Trinajstić information content (AvgIpc) is 2.98. The topological polar surface area (TPSA) is 74.4 Å². The van der Waals surface area contributed by atoms with E-state index in [2.05, 4.69) is 0 Å². The first kappa shape index (κ1) is 17.4. The number of aromatic nitrogens is 1. The molecule has 3 aromatic rings. The van der Waals surface area contributed by atoms with Gasteiger partial charge in [-0.2, -0.15) is 0 Å². The molecule has 6 nitrogen and oxygen atoms in total. The van der Waals surface area contributed by atoms with Gasteiger partial charge in [0.2, 0.25) is 0 Å². The van der Waals surface area contributed by atoms with Crippen molar-refractivity contribution in [2.24, 2.45) is 0 Å². The van der Waals surface area contributed by atoms with Crippen LogP contribution in [-0.2, 0) is 11.3 Å². The Labute approximate surface area is 150 Å². The Morgan fingerprint density at radius 3 is 2.35 bits per heavy atom. The zero-order valence-electron chi connectivity index (χ0n) is 14.5. The maximum absolute atomic E-state index is 12.3. The first-order chi connectivity index (χ1) is 12.5. The van der Waals surface area contributed by atoms with Crippen molar-refractivity contribution in [3.63, 3.8) is 0 Å². The van der Waals surface area contributed by atoms with Crippen LogP contribution in [0.4, 0.5) is 5.69 Å². The summed E-state index contributed by atoms with van der Waals surface area (Å²) < 4.78 is 6.93. The van der Waals surface area contributed by atoms with Gasteiger partial charge in [0.25, 0.3) is 5.69 Å². The van der Waals surface area contributed by atoms with E-state index in [9.17, 15) is 14.9 Å². The van der Waals surface area contributed by atoms with E-state index < -0.39 is 10.9 Å². The van der Waals surface area contributed by atoms with Gasteiger partial charge in [-0.3, -0.25) is 10.1 Å². The summed E-state index contributed by atoms with van der Waals surface area (Å²) in [5.41, 5.74) is 3.79. The number of carbonyl (C=O) groups excluding carboxylic acids is 1. The summed E-state index contributed by atoms with van der Waals surface area (Å²) in [6, 6.07) is 16.1. The van der Waals surface area contributed by atoms with Crippen LogP contribution in [0, 0.1) is 17.0 Å². The van der Waals surface area contributed by atoms with Gasteiger partial charge in [0.1, 0.15) is 0 Å². The minimum atomic E-state index is -0.448. The molecule has 0 radical (unpaired) electrons. The summed E-state index contributed by atoms with van der Waals surface area (Å²) in [4.78, 5) is 22.7. The van der Waals surface area contributed by atoms with Gasteiger partial charge < -0.3 is 9.30 Å². The number of hydrogen-bond donors (Lipinski definition) is 0. The van der Waals surface area contributed by atoms with Gasteiger partial charge in [-0.15, -0.1) is 0 Å². The zero-order valence-corrected chi connectivity index (χ0v) is 14.5. The van der Waals surface area contributed by atoms with E-state index in [0.29, 0.717) is 17.7 Å². The lowest BCUT2D eigenvalue weighted by molar-refractivity contribution is -0.384. The molecule has 0 saturated heterocycles. The van der Waals surface area contributed by atoms with E-state index in [0.717, 1.165) is 16.8 Å². The molecule has 132 valence electrons. The Kier molecular flexibility index (Phi) is 4.84. The van der Waals surface area contributed by atoms with Gasteiger partial charge in [-0.05, 0) is 30.2 Å². The molecule has 0 N–H and O–H groups in total. The largest absolute Gasteiger partial charge is 0.465 e. The Morgan fingerprint density at radius 1 is 1.12 bits per heavy atom. The number of methoxy groups -OCH3 is 1. The van der Waals surface area contributed by atoms with E-state index in [1.54, 1.807) is 12.1 Å². The Balaban J connectivity index is 2.07. The Bertz CT molecular complexity index is 944. The van der Waals surface area contributed by atoms with Crippen LogP contribution in [-0.4, -0.2) is 22.6 Å². The molecule has 0 aliphatic rings. The molecule has 6 heteroatoms. The van der Waals surface area contributed by atoms with E-state index in [4.69, 9.17) is 4.74 Å². The van der Waals surface area contributed by atoms with Crippen LogP contribution in [0.2, 0.25) is 0 Å². The Morgan fingerprint density at radius 2 is 1.77 bits per heavy atom. The minimum Gasteiger partial charge on any atom is -0.465 e. The summed E-state index contributed by atoms with van der Waals surface area (Å²) in [7, 11) is 1.34. The SMILES string of the molecule is COC(=O)c1c(-c2ccc([N+](=O)[O-])cc2)cn(Cc2ccccc2)c1C. The molecular weight excluding hydrogens is 332 g/mol. The van der Waals surface area contributed by atoms with Crippen LogP contribution in [0.5, 0.6) is 0 Å². The van der Waals surface area contributed by atoms with Crippen LogP contribution >= 0.6 is 0 Å². The fraction of sp³-hybridized carbons (Fsp3) is 0.150. The molecule has 0 unspecified atom stereocenters. The molecule has 1 heterocycles. The molecule has 0 spiro atoms. The normalized spacial score (nSPS) is 10.5. The van der Waals surface area contributed by atoms with Gasteiger partial charge in [0, 0.05) is 36.1 Å². The first-order valence-corrected chi connectivity index (χ1v) is 8.08. The van der Waals surface area contributed by atoms with Crippen molar-refractivity contribution < 1.29 is 14.5 Å². The summed E-state index contributed by atoms with van der Waals surface area (Å²) >= 11 is 0. The van der Waals surface area contributed by atoms with Gasteiger partial charge in [-0.1, -0.05) is 30.3 Å². The number of nitrogens with zero attached hydrogens (tertiary/aromatic N) is 2. The molecule has 0 fully saturated rings. The number of benzene rings is 2. The molecule has 0 amide bonds. The average molecular weight is 350 g/mol. The molecule has 0 bridgehead atoms. The second-order valence-electron chi connectivity index (χ2n) is 5.91. The number of non-ortho nitro benzene ring substituents is 1. The molecule has 0 atom stereocenters. The smallest absolute Gasteiger partial charge is 0.340 e. The molecule has 2 aromatic carbocycles. The van der Waals surface area contributed by atoms with Crippen LogP contribution in [0.3, 0.4) is 0 Å². The lowest BCUT2D eigenvalue weighted by atomic mass is 10.0. The summed E-state index contributed by atoms with van der Waals surface area (Å²) in [6.45, 7) is 2.48.